The minimum atomic E-state index is -4.33. The SMILES string of the molecule is CN1CCCC(CNC(=O)Cc2cscn2)C1c1ccc(C(F)(F)F)cc1. The Hall–Kier alpha value is -1.93. The van der Waals surface area contributed by atoms with Crippen LogP contribution in [0.2, 0.25) is 0 Å². The van der Waals surface area contributed by atoms with Gasteiger partial charge in [-0.1, -0.05) is 12.1 Å². The van der Waals surface area contributed by atoms with E-state index in [-0.39, 0.29) is 24.3 Å². The van der Waals surface area contributed by atoms with Crippen LogP contribution in [0.25, 0.3) is 0 Å². The Kier molecular flexibility index (Phi) is 6.16. The smallest absolute Gasteiger partial charge is 0.355 e. The highest BCUT2D eigenvalue weighted by atomic mass is 32.1. The average molecular weight is 397 g/mol. The Bertz CT molecular complexity index is 747. The number of likely N-dealkylation sites (tertiary alicyclic amines) is 1. The van der Waals surface area contributed by atoms with Crippen LogP contribution in [0.15, 0.2) is 35.2 Å². The van der Waals surface area contributed by atoms with E-state index in [4.69, 9.17) is 0 Å². The van der Waals surface area contributed by atoms with Gasteiger partial charge in [0.05, 0.1) is 23.2 Å². The highest BCUT2D eigenvalue weighted by molar-refractivity contribution is 7.07. The van der Waals surface area contributed by atoms with Gasteiger partial charge in [-0.25, -0.2) is 4.98 Å². The number of carbonyl (C=O) groups excluding carboxylic acids is 1. The predicted molar refractivity (Wildman–Crippen MR) is 98.4 cm³/mol. The molecule has 1 amide bonds. The number of halogens is 3. The van der Waals surface area contributed by atoms with Gasteiger partial charge < -0.3 is 5.32 Å². The van der Waals surface area contributed by atoms with E-state index in [9.17, 15) is 18.0 Å². The Balaban J connectivity index is 1.67. The van der Waals surface area contributed by atoms with Gasteiger partial charge >= 0.3 is 6.18 Å². The zero-order valence-electron chi connectivity index (χ0n) is 15.0. The lowest BCUT2D eigenvalue weighted by molar-refractivity contribution is -0.137. The lowest BCUT2D eigenvalue weighted by Gasteiger charge is -2.39. The maximum absolute atomic E-state index is 12.8. The minimum Gasteiger partial charge on any atom is -0.355 e. The van der Waals surface area contributed by atoms with Crippen LogP contribution in [0, 0.1) is 5.92 Å². The molecule has 0 spiro atoms. The van der Waals surface area contributed by atoms with E-state index in [0.717, 1.165) is 42.8 Å². The molecule has 146 valence electrons. The number of hydrogen-bond donors (Lipinski definition) is 1. The number of thiazole rings is 1. The molecular formula is C19H22F3N3OS. The Morgan fingerprint density at radius 2 is 2.07 bits per heavy atom. The van der Waals surface area contributed by atoms with Gasteiger partial charge in [-0.05, 0) is 50.0 Å². The first kappa shape index (κ1) is 19.8. The second-order valence-corrected chi connectivity index (χ2v) is 7.63. The topological polar surface area (TPSA) is 45.2 Å². The number of nitrogens with zero attached hydrogens (tertiary/aromatic N) is 2. The van der Waals surface area contributed by atoms with E-state index >= 15 is 0 Å². The second kappa shape index (κ2) is 8.39. The summed E-state index contributed by atoms with van der Waals surface area (Å²) in [5.41, 5.74) is 2.65. The molecule has 1 aliphatic heterocycles. The lowest BCUT2D eigenvalue weighted by Crippen LogP contribution is -2.42. The summed E-state index contributed by atoms with van der Waals surface area (Å²) in [6, 6.07) is 5.37. The molecule has 8 heteroatoms. The number of piperidine rings is 1. The van der Waals surface area contributed by atoms with E-state index in [1.54, 1.807) is 17.6 Å². The van der Waals surface area contributed by atoms with E-state index in [1.807, 2.05) is 12.4 Å². The van der Waals surface area contributed by atoms with E-state index < -0.39 is 11.7 Å². The molecule has 3 rings (SSSR count). The number of rotatable bonds is 5. The molecule has 2 heterocycles. The van der Waals surface area contributed by atoms with Crippen LogP contribution in [-0.2, 0) is 17.4 Å². The molecule has 0 radical (unpaired) electrons. The van der Waals surface area contributed by atoms with Gasteiger partial charge in [0, 0.05) is 18.0 Å². The molecule has 27 heavy (non-hydrogen) atoms. The van der Waals surface area contributed by atoms with Crippen molar-refractivity contribution in [3.63, 3.8) is 0 Å². The molecule has 2 atom stereocenters. The first-order valence-corrected chi connectivity index (χ1v) is 9.80. The summed E-state index contributed by atoms with van der Waals surface area (Å²) in [7, 11) is 1.98. The summed E-state index contributed by atoms with van der Waals surface area (Å²) in [6.07, 6.45) is -2.16. The van der Waals surface area contributed by atoms with Crippen LogP contribution in [0.4, 0.5) is 13.2 Å². The summed E-state index contributed by atoms with van der Waals surface area (Å²) in [5, 5.41) is 4.81. The first-order chi connectivity index (χ1) is 12.8. The van der Waals surface area contributed by atoms with Crippen molar-refractivity contribution in [1.29, 1.82) is 0 Å². The van der Waals surface area contributed by atoms with Crippen molar-refractivity contribution in [1.82, 2.24) is 15.2 Å². The molecule has 0 saturated carbocycles. The highest BCUT2D eigenvalue weighted by Gasteiger charge is 2.33. The molecule has 1 saturated heterocycles. The van der Waals surface area contributed by atoms with Crippen LogP contribution >= 0.6 is 11.3 Å². The van der Waals surface area contributed by atoms with E-state index in [1.165, 1.54) is 11.3 Å². The normalized spacial score (nSPS) is 21.2. The maximum Gasteiger partial charge on any atom is 0.416 e. The molecule has 2 unspecified atom stereocenters. The number of benzene rings is 1. The molecule has 0 bridgehead atoms. The zero-order valence-corrected chi connectivity index (χ0v) is 15.8. The van der Waals surface area contributed by atoms with Crippen LogP contribution < -0.4 is 5.32 Å². The highest BCUT2D eigenvalue weighted by Crippen LogP contribution is 2.36. The third-order valence-electron chi connectivity index (χ3n) is 4.97. The largest absolute Gasteiger partial charge is 0.416 e. The summed E-state index contributed by atoms with van der Waals surface area (Å²) < 4.78 is 38.5. The quantitative estimate of drug-likeness (QED) is 0.832. The van der Waals surface area contributed by atoms with Crippen molar-refractivity contribution in [2.24, 2.45) is 5.92 Å². The maximum atomic E-state index is 12.8. The summed E-state index contributed by atoms with van der Waals surface area (Å²) >= 11 is 1.45. The van der Waals surface area contributed by atoms with Crippen molar-refractivity contribution in [3.05, 3.63) is 52.0 Å². The van der Waals surface area contributed by atoms with Crippen molar-refractivity contribution in [2.45, 2.75) is 31.5 Å². The number of hydrogen-bond acceptors (Lipinski definition) is 4. The monoisotopic (exact) mass is 397 g/mol. The first-order valence-electron chi connectivity index (χ1n) is 8.86. The fourth-order valence-electron chi connectivity index (χ4n) is 3.67. The van der Waals surface area contributed by atoms with Gasteiger partial charge in [0.25, 0.3) is 0 Å². The Labute approximate surface area is 160 Å². The number of nitrogens with one attached hydrogen (secondary N) is 1. The third-order valence-corrected chi connectivity index (χ3v) is 5.61. The predicted octanol–water partition coefficient (Wildman–Crippen LogP) is 3.90. The van der Waals surface area contributed by atoms with Crippen molar-refractivity contribution < 1.29 is 18.0 Å². The fourth-order valence-corrected chi connectivity index (χ4v) is 4.22. The molecule has 1 fully saturated rings. The number of alkyl halides is 3. The van der Waals surface area contributed by atoms with E-state index in [0.29, 0.717) is 6.54 Å². The van der Waals surface area contributed by atoms with Crippen LogP contribution in [-0.4, -0.2) is 35.9 Å². The van der Waals surface area contributed by atoms with Crippen molar-refractivity contribution in [3.8, 4) is 0 Å². The molecule has 1 aromatic heterocycles. The Morgan fingerprint density at radius 3 is 2.70 bits per heavy atom. The molecule has 4 nitrogen and oxygen atoms in total. The zero-order chi connectivity index (χ0) is 19.4. The minimum absolute atomic E-state index is 0.0133. The van der Waals surface area contributed by atoms with Crippen LogP contribution in [0.1, 0.15) is 35.7 Å². The molecule has 2 aromatic rings. The van der Waals surface area contributed by atoms with Gasteiger partial charge in [-0.3, -0.25) is 9.69 Å². The fraction of sp³-hybridized carbons (Fsp3) is 0.474. The van der Waals surface area contributed by atoms with E-state index in [2.05, 4.69) is 15.2 Å². The molecule has 1 aliphatic rings. The molecule has 0 aliphatic carbocycles. The van der Waals surface area contributed by atoms with Crippen LogP contribution in [0.3, 0.4) is 0 Å². The third kappa shape index (κ3) is 5.07. The number of amides is 1. The van der Waals surface area contributed by atoms with Gasteiger partial charge in [0.15, 0.2) is 0 Å². The summed E-state index contributed by atoms with van der Waals surface area (Å²) in [6.45, 7) is 1.38. The summed E-state index contributed by atoms with van der Waals surface area (Å²) in [5.74, 6) is 0.0696. The Morgan fingerprint density at radius 1 is 1.33 bits per heavy atom. The van der Waals surface area contributed by atoms with Crippen molar-refractivity contribution in [2.75, 3.05) is 20.1 Å². The van der Waals surface area contributed by atoms with Gasteiger partial charge in [-0.15, -0.1) is 11.3 Å². The van der Waals surface area contributed by atoms with Gasteiger partial charge in [0.2, 0.25) is 5.91 Å². The molecule has 1 N–H and O–H groups in total. The van der Waals surface area contributed by atoms with Gasteiger partial charge in [-0.2, -0.15) is 13.2 Å². The van der Waals surface area contributed by atoms with Crippen molar-refractivity contribution >= 4 is 17.2 Å². The molecule has 1 aromatic carbocycles. The van der Waals surface area contributed by atoms with Gasteiger partial charge in [0.1, 0.15) is 0 Å². The average Bonchev–Trinajstić information content (AvgIpc) is 3.12. The molecular weight excluding hydrogens is 375 g/mol. The number of aromatic nitrogens is 1. The number of carbonyl (C=O) groups is 1. The standard InChI is InChI=1S/C19H22F3N3OS/c1-25-8-2-3-14(10-23-17(26)9-16-11-27-12-24-16)18(25)13-4-6-15(7-5-13)19(20,21)22/h4-7,11-12,14,18H,2-3,8-10H2,1H3,(H,23,26). The lowest BCUT2D eigenvalue weighted by atomic mass is 9.84. The second-order valence-electron chi connectivity index (χ2n) is 6.91. The van der Waals surface area contributed by atoms with Crippen LogP contribution in [0.5, 0.6) is 0 Å². The summed E-state index contributed by atoms with van der Waals surface area (Å²) in [4.78, 5) is 18.4.